The molecule has 6 nitrogen and oxygen atoms in total. The third-order valence-corrected chi connectivity index (χ3v) is 4.80. The van der Waals surface area contributed by atoms with E-state index in [1.54, 1.807) is 0 Å². The summed E-state index contributed by atoms with van der Waals surface area (Å²) in [4.78, 5) is 25.4. The van der Waals surface area contributed by atoms with Gasteiger partial charge in [0.1, 0.15) is 12.6 Å². The van der Waals surface area contributed by atoms with Gasteiger partial charge >= 0.3 is 12.1 Å². The van der Waals surface area contributed by atoms with Crippen molar-refractivity contribution < 1.29 is 19.4 Å². The van der Waals surface area contributed by atoms with Crippen molar-refractivity contribution >= 4 is 12.1 Å². The number of nitrogens with one attached hydrogen (secondary N) is 1. The van der Waals surface area contributed by atoms with E-state index in [-0.39, 0.29) is 12.5 Å². The number of rotatable bonds is 7. The molecule has 0 saturated heterocycles. The van der Waals surface area contributed by atoms with Gasteiger partial charge in [-0.15, -0.1) is 0 Å². The Balaban J connectivity index is 1.66. The summed E-state index contributed by atoms with van der Waals surface area (Å²) in [7, 11) is 3.71. The number of alkyl carbamates (subject to hydrolysis) is 1. The Morgan fingerprint density at radius 2 is 1.63 bits per heavy atom. The average Bonchev–Trinajstić information content (AvgIpc) is 2.97. The molecule has 0 bridgehead atoms. The molecule has 2 aromatic carbocycles. The highest BCUT2D eigenvalue weighted by molar-refractivity contribution is 5.81. The molecule has 6 heteroatoms. The van der Waals surface area contributed by atoms with E-state index in [2.05, 4.69) is 17.4 Å². The molecule has 0 radical (unpaired) electrons. The Labute approximate surface area is 158 Å². The molecule has 1 amide bonds. The fourth-order valence-corrected chi connectivity index (χ4v) is 3.43. The van der Waals surface area contributed by atoms with Crippen LogP contribution in [0, 0.1) is 0 Å². The number of amides is 1. The van der Waals surface area contributed by atoms with Crippen LogP contribution in [-0.2, 0) is 9.53 Å². The van der Waals surface area contributed by atoms with Crippen molar-refractivity contribution in [3.05, 3.63) is 59.7 Å². The predicted molar refractivity (Wildman–Crippen MR) is 103 cm³/mol. The van der Waals surface area contributed by atoms with Gasteiger partial charge in [0, 0.05) is 12.5 Å². The molecule has 0 heterocycles. The van der Waals surface area contributed by atoms with Gasteiger partial charge in [-0.05, 0) is 42.8 Å². The number of carboxylic acids is 1. The van der Waals surface area contributed by atoms with Gasteiger partial charge in [-0.3, -0.25) is 0 Å². The van der Waals surface area contributed by atoms with Crippen molar-refractivity contribution in [3.8, 4) is 11.1 Å². The van der Waals surface area contributed by atoms with Crippen LogP contribution in [0.15, 0.2) is 48.5 Å². The second-order valence-corrected chi connectivity index (χ2v) is 6.95. The lowest BCUT2D eigenvalue weighted by Crippen LogP contribution is -2.43. The number of ether oxygens (including phenoxy) is 1. The van der Waals surface area contributed by atoms with Crippen LogP contribution in [0.5, 0.6) is 0 Å². The normalized spacial score (nSPS) is 13.7. The molecule has 142 valence electrons. The lowest BCUT2D eigenvalue weighted by molar-refractivity contribution is -0.139. The molecule has 1 atom stereocenters. The molecule has 3 rings (SSSR count). The minimum absolute atomic E-state index is 0.0480. The number of carbonyl (C=O) groups excluding carboxylic acids is 1. The van der Waals surface area contributed by atoms with Crippen molar-refractivity contribution in [1.82, 2.24) is 10.2 Å². The van der Waals surface area contributed by atoms with Crippen molar-refractivity contribution in [2.45, 2.75) is 18.4 Å². The Morgan fingerprint density at radius 3 is 2.15 bits per heavy atom. The van der Waals surface area contributed by atoms with Gasteiger partial charge < -0.3 is 20.1 Å². The predicted octanol–water partition coefficient (Wildman–Crippen LogP) is 2.93. The molecule has 2 N–H and O–H groups in total. The van der Waals surface area contributed by atoms with Gasteiger partial charge in [-0.25, -0.2) is 9.59 Å². The van der Waals surface area contributed by atoms with Crippen molar-refractivity contribution in [3.63, 3.8) is 0 Å². The molecule has 0 aliphatic heterocycles. The molecule has 1 unspecified atom stereocenters. The van der Waals surface area contributed by atoms with Crippen LogP contribution in [0.25, 0.3) is 11.1 Å². The summed E-state index contributed by atoms with van der Waals surface area (Å²) in [5.41, 5.74) is 4.54. The van der Waals surface area contributed by atoms with Gasteiger partial charge in [0.2, 0.25) is 0 Å². The molecule has 1 aliphatic rings. The van der Waals surface area contributed by atoms with E-state index in [4.69, 9.17) is 4.74 Å². The zero-order valence-corrected chi connectivity index (χ0v) is 15.5. The zero-order chi connectivity index (χ0) is 19.4. The highest BCUT2D eigenvalue weighted by atomic mass is 16.5. The Kier molecular flexibility index (Phi) is 5.76. The summed E-state index contributed by atoms with van der Waals surface area (Å²) in [6.07, 6.45) is -0.394. The summed E-state index contributed by atoms with van der Waals surface area (Å²) in [5, 5.41) is 11.7. The molecule has 0 spiro atoms. The topological polar surface area (TPSA) is 78.9 Å². The monoisotopic (exact) mass is 368 g/mol. The minimum atomic E-state index is -1.06. The van der Waals surface area contributed by atoms with E-state index in [0.29, 0.717) is 13.0 Å². The highest BCUT2D eigenvalue weighted by Gasteiger charge is 2.29. The van der Waals surface area contributed by atoms with Crippen LogP contribution in [-0.4, -0.2) is 55.4 Å². The second kappa shape index (κ2) is 8.22. The summed E-state index contributed by atoms with van der Waals surface area (Å²) >= 11 is 0. The number of hydrogen-bond donors (Lipinski definition) is 2. The number of hydrogen-bond acceptors (Lipinski definition) is 4. The van der Waals surface area contributed by atoms with Gasteiger partial charge in [0.15, 0.2) is 0 Å². The minimum Gasteiger partial charge on any atom is -0.480 e. The van der Waals surface area contributed by atoms with E-state index in [9.17, 15) is 14.7 Å². The van der Waals surface area contributed by atoms with Crippen LogP contribution in [0.1, 0.15) is 23.5 Å². The molecule has 0 saturated carbocycles. The fraction of sp³-hybridized carbons (Fsp3) is 0.333. The zero-order valence-electron chi connectivity index (χ0n) is 15.5. The van der Waals surface area contributed by atoms with Crippen LogP contribution >= 0.6 is 0 Å². The summed E-state index contributed by atoms with van der Waals surface area (Å²) in [5.74, 6) is -1.11. The largest absolute Gasteiger partial charge is 0.480 e. The standard InChI is InChI=1S/C21H24N2O4/c1-23(2)12-11-19(20(24)25)22-21(26)27-13-18-16-9-5-3-7-14(16)15-8-4-6-10-17(15)18/h3-10,18-19H,11-13H2,1-2H3,(H,22,26)(H,24,25). The fourth-order valence-electron chi connectivity index (χ4n) is 3.43. The molecular formula is C21H24N2O4. The van der Waals surface area contributed by atoms with Crippen molar-refractivity contribution in [2.75, 3.05) is 27.2 Å². The smallest absolute Gasteiger partial charge is 0.407 e. The Bertz CT molecular complexity index is 789. The van der Waals surface area contributed by atoms with E-state index in [0.717, 1.165) is 22.3 Å². The SMILES string of the molecule is CN(C)CCC(NC(=O)OCC1c2ccccc2-c2ccccc21)C(=O)O. The van der Waals surface area contributed by atoms with Gasteiger partial charge in [-0.1, -0.05) is 48.5 Å². The Morgan fingerprint density at radius 1 is 1.07 bits per heavy atom. The first-order valence-corrected chi connectivity index (χ1v) is 8.96. The van der Waals surface area contributed by atoms with Crippen LogP contribution in [0.2, 0.25) is 0 Å². The maximum atomic E-state index is 12.2. The maximum absolute atomic E-state index is 12.2. The van der Waals surface area contributed by atoms with Crippen LogP contribution < -0.4 is 5.32 Å². The van der Waals surface area contributed by atoms with Gasteiger partial charge in [0.05, 0.1) is 0 Å². The van der Waals surface area contributed by atoms with Crippen molar-refractivity contribution in [2.24, 2.45) is 0 Å². The van der Waals surface area contributed by atoms with E-state index in [1.807, 2.05) is 55.4 Å². The van der Waals surface area contributed by atoms with Crippen LogP contribution in [0.4, 0.5) is 4.79 Å². The first kappa shape index (κ1) is 18.9. The molecule has 27 heavy (non-hydrogen) atoms. The average molecular weight is 368 g/mol. The van der Waals surface area contributed by atoms with Gasteiger partial charge in [0.25, 0.3) is 0 Å². The molecule has 2 aromatic rings. The third-order valence-electron chi connectivity index (χ3n) is 4.80. The summed E-state index contributed by atoms with van der Waals surface area (Å²) in [6.45, 7) is 0.723. The number of fused-ring (bicyclic) bond motifs is 3. The number of carbonyl (C=O) groups is 2. The van der Waals surface area contributed by atoms with Gasteiger partial charge in [-0.2, -0.15) is 0 Å². The first-order chi connectivity index (χ1) is 13.0. The molecule has 0 aromatic heterocycles. The number of benzene rings is 2. The lowest BCUT2D eigenvalue weighted by atomic mass is 9.98. The van der Waals surface area contributed by atoms with E-state index >= 15 is 0 Å². The quantitative estimate of drug-likeness (QED) is 0.786. The third kappa shape index (κ3) is 4.28. The number of aliphatic carboxylic acids is 1. The van der Waals surface area contributed by atoms with Crippen molar-refractivity contribution in [1.29, 1.82) is 0 Å². The molecular weight excluding hydrogens is 344 g/mol. The summed E-state index contributed by atoms with van der Waals surface area (Å²) < 4.78 is 5.40. The molecule has 0 fully saturated rings. The number of carboxylic acid groups (broad SMARTS) is 1. The lowest BCUT2D eigenvalue weighted by Gasteiger charge is -2.18. The highest BCUT2D eigenvalue weighted by Crippen LogP contribution is 2.44. The maximum Gasteiger partial charge on any atom is 0.407 e. The van der Waals surface area contributed by atoms with E-state index in [1.165, 1.54) is 0 Å². The first-order valence-electron chi connectivity index (χ1n) is 8.96. The van der Waals surface area contributed by atoms with E-state index < -0.39 is 18.1 Å². The van der Waals surface area contributed by atoms with Crippen LogP contribution in [0.3, 0.4) is 0 Å². The summed E-state index contributed by atoms with van der Waals surface area (Å²) in [6, 6.07) is 15.2. The Hall–Kier alpha value is -2.86. The second-order valence-electron chi connectivity index (χ2n) is 6.95. The number of nitrogens with zero attached hydrogens (tertiary/aromatic N) is 1. The molecule has 1 aliphatic carbocycles.